The Morgan fingerprint density at radius 2 is 1.85 bits per heavy atom. The minimum Gasteiger partial charge on any atom is -0.507 e. The third kappa shape index (κ3) is 4.36. The van der Waals surface area contributed by atoms with Crippen molar-refractivity contribution in [3.05, 3.63) is 28.8 Å². The second kappa shape index (κ2) is 10.1. The maximum absolute atomic E-state index is 13.8. The van der Waals surface area contributed by atoms with Gasteiger partial charge in [-0.25, -0.2) is 0 Å². The number of nitrogens with zero attached hydrogens (tertiary/aromatic N) is 1. The Labute approximate surface area is 223 Å². The van der Waals surface area contributed by atoms with Crippen molar-refractivity contribution in [2.24, 2.45) is 23.5 Å². The molecular weight excluding hydrogens is 514 g/mol. The number of carbonyl (C=O) groups excluding carboxylic acids is 5. The number of rotatable bonds is 6. The van der Waals surface area contributed by atoms with Crippen molar-refractivity contribution in [2.75, 3.05) is 26.5 Å². The number of phenols is 1. The molecule has 0 bridgehead atoms. The first-order chi connectivity index (χ1) is 18.2. The van der Waals surface area contributed by atoms with Crippen LogP contribution in [0.3, 0.4) is 0 Å². The zero-order valence-corrected chi connectivity index (χ0v) is 21.6. The number of hydrogen-bond acceptors (Lipinski definition) is 11. The Balaban J connectivity index is 1.75. The third-order valence-electron chi connectivity index (χ3n) is 8.02. The van der Waals surface area contributed by atoms with Crippen LogP contribution >= 0.6 is 0 Å². The molecule has 210 valence electrons. The summed E-state index contributed by atoms with van der Waals surface area (Å²) in [7, 11) is 4.33. The van der Waals surface area contributed by atoms with Crippen LogP contribution in [0.5, 0.6) is 5.75 Å². The highest BCUT2D eigenvalue weighted by atomic mass is 16.5. The van der Waals surface area contributed by atoms with E-state index in [1.165, 1.54) is 18.1 Å². The van der Waals surface area contributed by atoms with E-state index >= 15 is 0 Å². The molecule has 2 unspecified atom stereocenters. The monoisotopic (exact) mass is 545 g/mol. The molecule has 0 saturated heterocycles. The summed E-state index contributed by atoms with van der Waals surface area (Å²) in [4.78, 5) is 64.3. The minimum atomic E-state index is -2.75. The minimum absolute atomic E-state index is 0.00494. The van der Waals surface area contributed by atoms with E-state index in [1.54, 1.807) is 20.2 Å². The van der Waals surface area contributed by atoms with Crippen molar-refractivity contribution >= 4 is 40.8 Å². The molecule has 0 radical (unpaired) electrons. The lowest BCUT2D eigenvalue weighted by Gasteiger charge is -2.53. The molecule has 0 aromatic heterocycles. The fourth-order valence-electron chi connectivity index (χ4n) is 6.21. The van der Waals surface area contributed by atoms with Gasteiger partial charge in [-0.05, 0) is 44.5 Å². The number of ether oxygens (including phenoxy) is 1. The molecule has 39 heavy (non-hydrogen) atoms. The highest BCUT2D eigenvalue weighted by molar-refractivity contribution is 6.25. The molecular formula is C26H31N3O10. The number of nitrogens with two attached hydrogens (primary N) is 1. The van der Waals surface area contributed by atoms with E-state index in [0.29, 0.717) is 5.56 Å². The normalized spacial score (nSPS) is 29.8. The zero-order valence-electron chi connectivity index (χ0n) is 21.6. The van der Waals surface area contributed by atoms with E-state index in [4.69, 9.17) is 5.73 Å². The molecule has 13 heteroatoms. The van der Waals surface area contributed by atoms with E-state index in [9.17, 15) is 44.4 Å². The van der Waals surface area contributed by atoms with Gasteiger partial charge in [0, 0.05) is 24.0 Å². The fourth-order valence-corrected chi connectivity index (χ4v) is 6.21. The number of nitrogens with one attached hydrogen (secondary N) is 1. The van der Waals surface area contributed by atoms with Crippen molar-refractivity contribution in [3.63, 3.8) is 0 Å². The summed E-state index contributed by atoms with van der Waals surface area (Å²) >= 11 is 0. The van der Waals surface area contributed by atoms with Crippen LogP contribution in [-0.4, -0.2) is 93.6 Å². The molecule has 4 rings (SSSR count). The molecule has 1 aromatic carbocycles. The maximum Gasteiger partial charge on any atom is 0.306 e. The van der Waals surface area contributed by atoms with Gasteiger partial charge in [-0.3, -0.25) is 24.0 Å². The number of anilines is 1. The molecule has 2 saturated carbocycles. The van der Waals surface area contributed by atoms with E-state index in [1.807, 2.05) is 0 Å². The number of benzene rings is 1. The van der Waals surface area contributed by atoms with Crippen LogP contribution in [0.15, 0.2) is 17.7 Å². The molecule has 7 N–H and O–H groups in total. The number of aliphatic hydroxyl groups is 3. The van der Waals surface area contributed by atoms with E-state index in [2.05, 4.69) is 10.1 Å². The molecule has 1 aromatic rings. The summed E-state index contributed by atoms with van der Waals surface area (Å²) in [6.07, 6.45) is -1.84. The lowest BCUT2D eigenvalue weighted by molar-refractivity contribution is -0.184. The van der Waals surface area contributed by atoms with Gasteiger partial charge in [-0.2, -0.15) is 0 Å². The Hall–Kier alpha value is -3.81. The number of likely N-dealkylation sites (N-methyl/N-ethyl adjacent to an activating group) is 1. The summed E-state index contributed by atoms with van der Waals surface area (Å²) in [5.41, 5.74) is 2.53. The standard InChI is InChI=1S/C26H31N3O10/c1-29(2)19-12-9-11-8-10-4-5-13(28-14(30)6-7-15(31)39-3)20(32)16(10)21(33)17(11)23(35)26(12,38)24(36)18(22(19)34)25(27)37/h4-5,11-12,18-19,22,32-34,38H,6-9H2,1-3H3,(H2,27,37)(H,28,30)/t11-,12-,18?,19-,22?,26-/m1/s1. The summed E-state index contributed by atoms with van der Waals surface area (Å²) in [6.45, 7) is 0. The first-order valence-electron chi connectivity index (χ1n) is 12.4. The number of esters is 1. The number of hydrogen-bond donors (Lipinski definition) is 6. The number of methoxy groups -OCH3 is 1. The van der Waals surface area contributed by atoms with Gasteiger partial charge in [0.2, 0.25) is 17.6 Å². The number of Topliss-reactive ketones (excluding diaryl/α,β-unsaturated/α-hetero) is 2. The van der Waals surface area contributed by atoms with Gasteiger partial charge in [-0.15, -0.1) is 0 Å². The fraction of sp³-hybridized carbons (Fsp3) is 0.500. The second-order valence-electron chi connectivity index (χ2n) is 10.4. The zero-order chi connectivity index (χ0) is 29.0. The average Bonchev–Trinajstić information content (AvgIpc) is 2.86. The molecule has 0 heterocycles. The van der Waals surface area contributed by atoms with Crippen LogP contribution in [0.25, 0.3) is 5.76 Å². The number of carbonyl (C=O) groups is 5. The molecule has 13 nitrogen and oxygen atoms in total. The predicted molar refractivity (Wildman–Crippen MR) is 134 cm³/mol. The van der Waals surface area contributed by atoms with Gasteiger partial charge in [0.05, 0.1) is 30.9 Å². The third-order valence-corrected chi connectivity index (χ3v) is 8.02. The molecule has 6 atom stereocenters. The van der Waals surface area contributed by atoms with Crippen molar-refractivity contribution in [2.45, 2.75) is 43.4 Å². The van der Waals surface area contributed by atoms with Crippen LogP contribution in [0, 0.1) is 17.8 Å². The van der Waals surface area contributed by atoms with Crippen LogP contribution < -0.4 is 11.1 Å². The van der Waals surface area contributed by atoms with Crippen molar-refractivity contribution in [1.29, 1.82) is 0 Å². The highest BCUT2D eigenvalue weighted by Crippen LogP contribution is 2.52. The maximum atomic E-state index is 13.8. The Morgan fingerprint density at radius 1 is 1.18 bits per heavy atom. The molecule has 2 fully saturated rings. The Kier molecular flexibility index (Phi) is 7.27. The molecule has 0 aliphatic heterocycles. The largest absolute Gasteiger partial charge is 0.507 e. The van der Waals surface area contributed by atoms with Crippen LogP contribution in [0.4, 0.5) is 5.69 Å². The van der Waals surface area contributed by atoms with E-state index < -0.39 is 76.4 Å². The number of primary amides is 1. The van der Waals surface area contributed by atoms with Crippen LogP contribution in [0.2, 0.25) is 0 Å². The highest BCUT2D eigenvalue weighted by Gasteiger charge is 2.67. The molecule has 3 aliphatic rings. The molecule has 0 spiro atoms. The van der Waals surface area contributed by atoms with E-state index in [0.717, 1.165) is 0 Å². The summed E-state index contributed by atoms with van der Waals surface area (Å²) in [5.74, 6) is -9.62. The lowest BCUT2D eigenvalue weighted by Crippen LogP contribution is -2.73. The lowest BCUT2D eigenvalue weighted by atomic mass is 9.54. The van der Waals surface area contributed by atoms with Gasteiger partial charge >= 0.3 is 5.97 Å². The van der Waals surface area contributed by atoms with Gasteiger partial charge in [0.25, 0.3) is 0 Å². The number of aromatic hydroxyl groups is 1. The summed E-state index contributed by atoms with van der Waals surface area (Å²) in [5, 5.41) is 47.1. The first kappa shape index (κ1) is 28.2. The quantitative estimate of drug-likeness (QED) is 0.145. The topological polar surface area (TPSA) is 217 Å². The Bertz CT molecular complexity index is 1300. The second-order valence-corrected chi connectivity index (χ2v) is 10.4. The molecule has 2 amide bonds. The number of fused-ring (bicyclic) bond motifs is 3. The number of ketones is 2. The van der Waals surface area contributed by atoms with Crippen molar-refractivity contribution < 1.29 is 49.1 Å². The average molecular weight is 546 g/mol. The van der Waals surface area contributed by atoms with Crippen molar-refractivity contribution in [1.82, 2.24) is 4.90 Å². The first-order valence-corrected chi connectivity index (χ1v) is 12.4. The van der Waals surface area contributed by atoms with Crippen LogP contribution in [0.1, 0.15) is 30.4 Å². The smallest absolute Gasteiger partial charge is 0.306 e. The Morgan fingerprint density at radius 3 is 2.44 bits per heavy atom. The molecule has 3 aliphatic carbocycles. The summed E-state index contributed by atoms with van der Waals surface area (Å²) in [6, 6.07) is 1.99. The van der Waals surface area contributed by atoms with Crippen molar-refractivity contribution in [3.8, 4) is 5.75 Å². The van der Waals surface area contributed by atoms with Gasteiger partial charge in [0.15, 0.2) is 11.4 Å². The summed E-state index contributed by atoms with van der Waals surface area (Å²) < 4.78 is 4.50. The van der Waals surface area contributed by atoms with Crippen LogP contribution in [-0.2, 0) is 35.1 Å². The van der Waals surface area contributed by atoms with E-state index in [-0.39, 0.29) is 42.5 Å². The number of phenolic OH excluding ortho intramolecular Hbond substituents is 1. The van der Waals surface area contributed by atoms with Gasteiger partial charge in [-0.1, -0.05) is 6.07 Å². The van der Waals surface area contributed by atoms with Gasteiger partial charge in [0.1, 0.15) is 17.4 Å². The SMILES string of the molecule is COC(=O)CCC(=O)Nc1ccc2c(c1O)C(O)=C1C(=O)[C@@]3(O)C(=O)C(C(N)=O)C(O)[C@H](N(C)C)[C@H]3C[C@H]1C2. The predicted octanol–water partition coefficient (Wildman–Crippen LogP) is -0.979. The van der Waals surface area contributed by atoms with Gasteiger partial charge < -0.3 is 41.1 Å². The number of amides is 2. The number of aliphatic hydroxyl groups excluding tert-OH is 2.